The van der Waals surface area contributed by atoms with Gasteiger partial charge in [0.1, 0.15) is 0 Å². The van der Waals surface area contributed by atoms with Crippen LogP contribution in [0.25, 0.3) is 0 Å². The summed E-state index contributed by atoms with van der Waals surface area (Å²) in [6.45, 7) is 7.22. The lowest BCUT2D eigenvalue weighted by Gasteiger charge is -2.21. The number of halogens is 1. The number of hydrogen-bond acceptors (Lipinski definition) is 1. The number of nitrogens with zero attached hydrogens (tertiary/aromatic N) is 2. The summed E-state index contributed by atoms with van der Waals surface area (Å²) in [5, 5.41) is 0. The van der Waals surface area contributed by atoms with Gasteiger partial charge >= 0.3 is 0 Å². The average molecular weight is 401 g/mol. The molecular formula is C17H28IN3. The van der Waals surface area contributed by atoms with Crippen LogP contribution in [0.15, 0.2) is 29.3 Å². The van der Waals surface area contributed by atoms with Crippen molar-refractivity contribution < 1.29 is 0 Å². The molecule has 1 fully saturated rings. The third-order valence-electron chi connectivity index (χ3n) is 4.10. The summed E-state index contributed by atoms with van der Waals surface area (Å²) in [6.07, 6.45) is 5.13. The Hall–Kier alpha value is -0.780. The van der Waals surface area contributed by atoms with E-state index >= 15 is 0 Å². The van der Waals surface area contributed by atoms with Crippen LogP contribution < -0.4 is 5.73 Å². The molecule has 0 bridgehead atoms. The van der Waals surface area contributed by atoms with Crippen LogP contribution in [-0.2, 0) is 0 Å². The highest BCUT2D eigenvalue weighted by Crippen LogP contribution is 2.16. The van der Waals surface area contributed by atoms with E-state index in [9.17, 15) is 0 Å². The zero-order valence-electron chi connectivity index (χ0n) is 13.2. The number of benzene rings is 1. The van der Waals surface area contributed by atoms with Gasteiger partial charge in [-0.2, -0.15) is 0 Å². The maximum Gasteiger partial charge on any atom is 0.191 e. The van der Waals surface area contributed by atoms with Gasteiger partial charge in [-0.3, -0.25) is 4.99 Å². The molecule has 0 amide bonds. The maximum absolute atomic E-state index is 6.14. The van der Waals surface area contributed by atoms with Gasteiger partial charge in [-0.05, 0) is 25.3 Å². The Morgan fingerprint density at radius 1 is 1.14 bits per heavy atom. The Kier molecular flexibility index (Phi) is 8.07. The zero-order valence-corrected chi connectivity index (χ0v) is 15.5. The van der Waals surface area contributed by atoms with Crippen LogP contribution in [0.2, 0.25) is 0 Å². The summed E-state index contributed by atoms with van der Waals surface area (Å²) in [7, 11) is 0. The van der Waals surface area contributed by atoms with Crippen molar-refractivity contribution in [2.45, 2.75) is 45.4 Å². The number of guanidine groups is 1. The molecule has 1 unspecified atom stereocenters. The molecule has 2 N–H and O–H groups in total. The lowest BCUT2D eigenvalue weighted by Crippen LogP contribution is -2.38. The third-order valence-corrected chi connectivity index (χ3v) is 4.10. The first kappa shape index (κ1) is 18.3. The normalized spacial score (nSPS) is 17.8. The van der Waals surface area contributed by atoms with Crippen LogP contribution in [0, 0.1) is 6.92 Å². The van der Waals surface area contributed by atoms with Crippen molar-refractivity contribution in [2.75, 3.05) is 19.6 Å². The summed E-state index contributed by atoms with van der Waals surface area (Å²) in [5.41, 5.74) is 8.78. The fourth-order valence-corrected chi connectivity index (χ4v) is 2.63. The van der Waals surface area contributed by atoms with Gasteiger partial charge in [-0.25, -0.2) is 0 Å². The Balaban J connectivity index is 0.00000220. The van der Waals surface area contributed by atoms with E-state index in [1.807, 2.05) is 0 Å². The minimum atomic E-state index is 0. The molecule has 1 atom stereocenters. The Morgan fingerprint density at radius 2 is 1.71 bits per heavy atom. The van der Waals surface area contributed by atoms with Crippen LogP contribution in [0.4, 0.5) is 0 Å². The summed E-state index contributed by atoms with van der Waals surface area (Å²) >= 11 is 0. The van der Waals surface area contributed by atoms with Crippen molar-refractivity contribution in [1.29, 1.82) is 0 Å². The molecule has 118 valence electrons. The predicted octanol–water partition coefficient (Wildman–Crippen LogP) is 3.91. The second-order valence-electron chi connectivity index (χ2n) is 5.91. The molecule has 4 heteroatoms. The fourth-order valence-electron chi connectivity index (χ4n) is 2.63. The first-order valence-electron chi connectivity index (χ1n) is 7.78. The highest BCUT2D eigenvalue weighted by molar-refractivity contribution is 14.0. The van der Waals surface area contributed by atoms with E-state index < -0.39 is 0 Å². The number of likely N-dealkylation sites (tertiary alicyclic amines) is 1. The van der Waals surface area contributed by atoms with Gasteiger partial charge in [0, 0.05) is 25.6 Å². The van der Waals surface area contributed by atoms with Gasteiger partial charge in [0.25, 0.3) is 0 Å². The maximum atomic E-state index is 6.14. The predicted molar refractivity (Wildman–Crippen MR) is 102 cm³/mol. The lowest BCUT2D eigenvalue weighted by atomic mass is 10.0. The standard InChI is InChI=1S/C17H27N3.HI/c1-14-7-9-16(10-8-14)15(2)13-19-17(18)20-11-5-3-4-6-12-20;/h7-10,15H,3-6,11-13H2,1-2H3,(H2,18,19);1H. The zero-order chi connectivity index (χ0) is 14.4. The van der Waals surface area contributed by atoms with E-state index in [1.165, 1.54) is 36.8 Å². The molecule has 21 heavy (non-hydrogen) atoms. The van der Waals surface area contributed by atoms with Crippen molar-refractivity contribution in [3.05, 3.63) is 35.4 Å². The molecule has 2 rings (SSSR count). The largest absolute Gasteiger partial charge is 0.370 e. The number of aliphatic imine (C=N–C) groups is 1. The Bertz CT molecular complexity index is 434. The van der Waals surface area contributed by atoms with Crippen molar-refractivity contribution >= 4 is 29.9 Å². The number of rotatable bonds is 3. The van der Waals surface area contributed by atoms with E-state index in [0.717, 1.165) is 25.6 Å². The molecule has 0 spiro atoms. The highest BCUT2D eigenvalue weighted by Gasteiger charge is 2.11. The SMILES string of the molecule is Cc1ccc(C(C)CN=C(N)N2CCCCCC2)cc1.I. The molecule has 0 saturated carbocycles. The summed E-state index contributed by atoms with van der Waals surface area (Å²) < 4.78 is 0. The molecular weight excluding hydrogens is 373 g/mol. The van der Waals surface area contributed by atoms with Crippen LogP contribution in [-0.4, -0.2) is 30.5 Å². The molecule has 0 aromatic heterocycles. The fraction of sp³-hybridized carbons (Fsp3) is 0.588. The van der Waals surface area contributed by atoms with Crippen LogP contribution in [0.5, 0.6) is 0 Å². The number of aryl methyl sites for hydroxylation is 1. The highest BCUT2D eigenvalue weighted by atomic mass is 127. The molecule has 1 aromatic carbocycles. The van der Waals surface area contributed by atoms with Crippen molar-refractivity contribution in [3.63, 3.8) is 0 Å². The van der Waals surface area contributed by atoms with E-state index in [1.54, 1.807) is 0 Å². The van der Waals surface area contributed by atoms with E-state index in [0.29, 0.717) is 5.92 Å². The minimum absolute atomic E-state index is 0. The minimum Gasteiger partial charge on any atom is -0.370 e. The van der Waals surface area contributed by atoms with Crippen molar-refractivity contribution in [2.24, 2.45) is 10.7 Å². The van der Waals surface area contributed by atoms with Crippen molar-refractivity contribution in [1.82, 2.24) is 4.90 Å². The molecule has 1 heterocycles. The smallest absolute Gasteiger partial charge is 0.191 e. The summed E-state index contributed by atoms with van der Waals surface area (Å²) in [6, 6.07) is 8.71. The summed E-state index contributed by atoms with van der Waals surface area (Å²) in [5.74, 6) is 1.15. The quantitative estimate of drug-likeness (QED) is 0.474. The molecule has 3 nitrogen and oxygen atoms in total. The van der Waals surface area contributed by atoms with Crippen LogP contribution in [0.3, 0.4) is 0 Å². The summed E-state index contributed by atoms with van der Waals surface area (Å²) in [4.78, 5) is 6.85. The monoisotopic (exact) mass is 401 g/mol. The third kappa shape index (κ3) is 5.85. The first-order valence-corrected chi connectivity index (χ1v) is 7.78. The first-order chi connectivity index (χ1) is 9.66. The number of nitrogens with two attached hydrogens (primary N) is 1. The van der Waals surface area contributed by atoms with Gasteiger partial charge in [0.05, 0.1) is 0 Å². The van der Waals surface area contributed by atoms with Crippen LogP contribution >= 0.6 is 24.0 Å². The van der Waals surface area contributed by atoms with Crippen LogP contribution in [0.1, 0.15) is 49.7 Å². The molecule has 1 saturated heterocycles. The average Bonchev–Trinajstić information content (AvgIpc) is 2.74. The van der Waals surface area contributed by atoms with Gasteiger partial charge in [-0.1, -0.05) is 49.6 Å². The Morgan fingerprint density at radius 3 is 2.29 bits per heavy atom. The second-order valence-corrected chi connectivity index (χ2v) is 5.91. The molecule has 1 aliphatic heterocycles. The topological polar surface area (TPSA) is 41.6 Å². The van der Waals surface area contributed by atoms with E-state index in [-0.39, 0.29) is 24.0 Å². The van der Waals surface area contributed by atoms with E-state index in [2.05, 4.69) is 48.0 Å². The van der Waals surface area contributed by atoms with Gasteiger partial charge < -0.3 is 10.6 Å². The van der Waals surface area contributed by atoms with E-state index in [4.69, 9.17) is 5.73 Å². The number of hydrogen-bond donors (Lipinski definition) is 1. The van der Waals surface area contributed by atoms with Crippen molar-refractivity contribution in [3.8, 4) is 0 Å². The lowest BCUT2D eigenvalue weighted by molar-refractivity contribution is 0.428. The molecule has 1 aliphatic rings. The van der Waals surface area contributed by atoms with Gasteiger partial charge in [0.2, 0.25) is 0 Å². The molecule has 0 aliphatic carbocycles. The van der Waals surface area contributed by atoms with Gasteiger partial charge in [-0.15, -0.1) is 24.0 Å². The molecule has 1 aromatic rings. The Labute approximate surface area is 146 Å². The molecule has 0 radical (unpaired) electrons. The second kappa shape index (κ2) is 9.28. The van der Waals surface area contributed by atoms with Gasteiger partial charge in [0.15, 0.2) is 5.96 Å².